The number of sulfone groups is 1. The third kappa shape index (κ3) is 4.57. The van der Waals surface area contributed by atoms with Gasteiger partial charge in [0.05, 0.1) is 17.5 Å². The monoisotopic (exact) mass is 406 g/mol. The van der Waals surface area contributed by atoms with E-state index in [4.69, 9.17) is 0 Å². The SMILES string of the molecule is CCC(NC(=O)C(=O)N(CC)C1CCS(=O)(=O)C1)c1ccc2c(c1)CCCC2. The average Bonchev–Trinajstić information content (AvgIpc) is 3.05. The second-order valence-corrected chi connectivity index (χ2v) is 10.0. The van der Waals surface area contributed by atoms with Crippen LogP contribution in [0.25, 0.3) is 0 Å². The number of nitrogens with zero attached hydrogens (tertiary/aromatic N) is 1. The number of rotatable bonds is 5. The molecule has 0 bridgehead atoms. The molecule has 0 aromatic heterocycles. The van der Waals surface area contributed by atoms with Gasteiger partial charge in [0.1, 0.15) is 0 Å². The number of fused-ring (bicyclic) bond motifs is 1. The van der Waals surface area contributed by atoms with E-state index in [9.17, 15) is 18.0 Å². The Balaban J connectivity index is 1.70. The quantitative estimate of drug-likeness (QED) is 0.760. The third-order valence-electron chi connectivity index (χ3n) is 5.93. The molecule has 3 rings (SSSR count). The lowest BCUT2D eigenvalue weighted by Crippen LogP contribution is -2.49. The third-order valence-corrected chi connectivity index (χ3v) is 7.68. The van der Waals surface area contributed by atoms with Gasteiger partial charge in [-0.3, -0.25) is 9.59 Å². The number of hydrogen-bond acceptors (Lipinski definition) is 4. The van der Waals surface area contributed by atoms with Gasteiger partial charge in [0.2, 0.25) is 0 Å². The van der Waals surface area contributed by atoms with Gasteiger partial charge in [0, 0.05) is 12.6 Å². The van der Waals surface area contributed by atoms with Crippen LogP contribution in [-0.4, -0.2) is 49.2 Å². The summed E-state index contributed by atoms with van der Waals surface area (Å²) in [6.07, 6.45) is 5.66. The summed E-state index contributed by atoms with van der Waals surface area (Å²) < 4.78 is 23.5. The van der Waals surface area contributed by atoms with Crippen molar-refractivity contribution in [3.8, 4) is 0 Å². The minimum atomic E-state index is -3.11. The summed E-state index contributed by atoms with van der Waals surface area (Å²) in [5, 5.41) is 2.87. The van der Waals surface area contributed by atoms with Gasteiger partial charge in [-0.2, -0.15) is 0 Å². The molecule has 7 heteroatoms. The van der Waals surface area contributed by atoms with Crippen molar-refractivity contribution in [3.63, 3.8) is 0 Å². The molecule has 1 N–H and O–H groups in total. The summed E-state index contributed by atoms with van der Waals surface area (Å²) >= 11 is 0. The normalized spacial score (nSPS) is 21.6. The van der Waals surface area contributed by atoms with Crippen molar-refractivity contribution in [2.24, 2.45) is 0 Å². The van der Waals surface area contributed by atoms with Crippen LogP contribution in [0.1, 0.15) is 62.3 Å². The zero-order chi connectivity index (χ0) is 20.3. The number of benzene rings is 1. The summed E-state index contributed by atoms with van der Waals surface area (Å²) in [6.45, 7) is 4.08. The standard InChI is InChI=1S/C21H30N2O4S/c1-3-19(17-10-9-15-7-5-6-8-16(15)13-17)22-20(24)21(25)23(4-2)18-11-12-28(26,27)14-18/h9-10,13,18-19H,3-8,11-12,14H2,1-2H3,(H,22,24). The van der Waals surface area contributed by atoms with Crippen molar-refractivity contribution in [2.45, 2.75) is 64.5 Å². The minimum Gasteiger partial charge on any atom is -0.341 e. The molecule has 2 aliphatic rings. The molecule has 1 heterocycles. The highest BCUT2D eigenvalue weighted by atomic mass is 32.2. The zero-order valence-corrected chi connectivity index (χ0v) is 17.6. The van der Waals surface area contributed by atoms with Crippen molar-refractivity contribution in [3.05, 3.63) is 34.9 Å². The van der Waals surface area contributed by atoms with E-state index in [1.165, 1.54) is 28.9 Å². The fourth-order valence-electron chi connectivity index (χ4n) is 4.33. The lowest BCUT2D eigenvalue weighted by atomic mass is 9.89. The maximum absolute atomic E-state index is 12.7. The fraction of sp³-hybridized carbons (Fsp3) is 0.619. The smallest absolute Gasteiger partial charge is 0.312 e. The molecular weight excluding hydrogens is 376 g/mol. The Hall–Kier alpha value is -1.89. The molecule has 1 fully saturated rings. The highest BCUT2D eigenvalue weighted by Gasteiger charge is 2.36. The maximum atomic E-state index is 12.7. The van der Waals surface area contributed by atoms with Gasteiger partial charge in [-0.1, -0.05) is 25.1 Å². The second kappa shape index (κ2) is 8.64. The first-order chi connectivity index (χ1) is 13.3. The van der Waals surface area contributed by atoms with E-state index in [1.54, 1.807) is 6.92 Å². The van der Waals surface area contributed by atoms with Crippen molar-refractivity contribution < 1.29 is 18.0 Å². The molecule has 1 aromatic rings. The van der Waals surface area contributed by atoms with Crippen molar-refractivity contribution in [1.29, 1.82) is 0 Å². The van der Waals surface area contributed by atoms with Crippen molar-refractivity contribution >= 4 is 21.7 Å². The summed E-state index contributed by atoms with van der Waals surface area (Å²) in [5.74, 6) is -1.27. The molecule has 154 valence electrons. The molecule has 6 nitrogen and oxygen atoms in total. The summed E-state index contributed by atoms with van der Waals surface area (Å²) in [6, 6.07) is 5.72. The lowest BCUT2D eigenvalue weighted by molar-refractivity contribution is -0.147. The average molecular weight is 407 g/mol. The number of carbonyl (C=O) groups is 2. The van der Waals surface area contributed by atoms with Gasteiger partial charge >= 0.3 is 11.8 Å². The van der Waals surface area contributed by atoms with E-state index < -0.39 is 27.7 Å². The van der Waals surface area contributed by atoms with Crippen LogP contribution >= 0.6 is 0 Å². The molecule has 0 spiro atoms. The number of hydrogen-bond donors (Lipinski definition) is 1. The Kier molecular flexibility index (Phi) is 6.43. The van der Waals surface area contributed by atoms with Crippen molar-refractivity contribution in [2.75, 3.05) is 18.1 Å². The van der Waals surface area contributed by atoms with Crippen LogP contribution in [0, 0.1) is 0 Å². The molecule has 0 saturated carbocycles. The Morgan fingerprint density at radius 2 is 1.89 bits per heavy atom. The van der Waals surface area contributed by atoms with Crippen LogP contribution in [0.5, 0.6) is 0 Å². The molecule has 0 radical (unpaired) electrons. The summed E-state index contributed by atoms with van der Waals surface area (Å²) in [4.78, 5) is 26.8. The van der Waals surface area contributed by atoms with E-state index in [2.05, 4.69) is 17.4 Å². The van der Waals surface area contributed by atoms with Crippen LogP contribution in [-0.2, 0) is 32.3 Å². The minimum absolute atomic E-state index is 0.0537. The van der Waals surface area contributed by atoms with Gasteiger partial charge in [-0.25, -0.2) is 8.42 Å². The fourth-order valence-corrected chi connectivity index (χ4v) is 6.06. The molecule has 1 aliphatic carbocycles. The van der Waals surface area contributed by atoms with Crippen molar-refractivity contribution in [1.82, 2.24) is 10.2 Å². The van der Waals surface area contributed by atoms with Crippen LogP contribution in [0.2, 0.25) is 0 Å². The van der Waals surface area contributed by atoms with Gasteiger partial charge in [-0.05, 0) is 62.1 Å². The predicted octanol–water partition coefficient (Wildman–Crippen LogP) is 2.17. The van der Waals surface area contributed by atoms with Gasteiger partial charge in [-0.15, -0.1) is 0 Å². The van der Waals surface area contributed by atoms with Crippen LogP contribution in [0.3, 0.4) is 0 Å². The van der Waals surface area contributed by atoms with Crippen LogP contribution in [0.15, 0.2) is 18.2 Å². The van der Waals surface area contributed by atoms with Gasteiger partial charge in [0.15, 0.2) is 9.84 Å². The maximum Gasteiger partial charge on any atom is 0.312 e. The Morgan fingerprint density at radius 1 is 1.18 bits per heavy atom. The van der Waals surface area contributed by atoms with E-state index in [0.29, 0.717) is 19.4 Å². The van der Waals surface area contributed by atoms with E-state index in [1.807, 2.05) is 13.0 Å². The number of nitrogens with one attached hydrogen (secondary N) is 1. The molecule has 2 amide bonds. The highest BCUT2D eigenvalue weighted by molar-refractivity contribution is 7.91. The van der Waals surface area contributed by atoms with Gasteiger partial charge in [0.25, 0.3) is 0 Å². The molecule has 1 saturated heterocycles. The summed E-state index contributed by atoms with van der Waals surface area (Å²) in [7, 11) is -3.11. The molecular formula is C21H30N2O4S. The topological polar surface area (TPSA) is 83.6 Å². The number of aryl methyl sites for hydroxylation is 2. The molecule has 1 aromatic carbocycles. The van der Waals surface area contributed by atoms with E-state index >= 15 is 0 Å². The van der Waals surface area contributed by atoms with E-state index in [-0.39, 0.29) is 17.5 Å². The largest absolute Gasteiger partial charge is 0.341 e. The van der Waals surface area contributed by atoms with Crippen LogP contribution in [0.4, 0.5) is 0 Å². The van der Waals surface area contributed by atoms with Crippen LogP contribution < -0.4 is 5.32 Å². The summed E-state index contributed by atoms with van der Waals surface area (Å²) in [5.41, 5.74) is 3.75. The lowest BCUT2D eigenvalue weighted by Gasteiger charge is -2.27. The van der Waals surface area contributed by atoms with Gasteiger partial charge < -0.3 is 10.2 Å². The Labute approximate surface area is 167 Å². The number of likely N-dealkylation sites (N-methyl/N-ethyl adjacent to an activating group) is 1. The highest BCUT2D eigenvalue weighted by Crippen LogP contribution is 2.26. The first-order valence-corrected chi connectivity index (χ1v) is 12.1. The first-order valence-electron chi connectivity index (χ1n) is 10.3. The number of carbonyl (C=O) groups excluding carboxylic acids is 2. The molecule has 2 unspecified atom stereocenters. The molecule has 28 heavy (non-hydrogen) atoms. The Morgan fingerprint density at radius 3 is 2.50 bits per heavy atom. The zero-order valence-electron chi connectivity index (χ0n) is 16.7. The molecule has 2 atom stereocenters. The second-order valence-electron chi connectivity index (χ2n) is 7.82. The first kappa shape index (κ1) is 20.8. The predicted molar refractivity (Wildman–Crippen MR) is 109 cm³/mol. The Bertz CT molecular complexity index is 850. The van der Waals surface area contributed by atoms with E-state index in [0.717, 1.165) is 18.4 Å². The molecule has 1 aliphatic heterocycles. The number of amides is 2.